The van der Waals surface area contributed by atoms with E-state index in [9.17, 15) is 8.42 Å². The number of piperidine rings is 1. The lowest BCUT2D eigenvalue weighted by Crippen LogP contribution is -2.44. The van der Waals surface area contributed by atoms with Crippen molar-refractivity contribution in [1.82, 2.24) is 19.2 Å². The van der Waals surface area contributed by atoms with E-state index >= 15 is 0 Å². The summed E-state index contributed by atoms with van der Waals surface area (Å²) in [4.78, 5) is 10.2. The minimum atomic E-state index is -3.47. The second-order valence-corrected chi connectivity index (χ2v) is 7.03. The quantitative estimate of drug-likeness (QED) is 0.857. The highest BCUT2D eigenvalue weighted by atomic mass is 32.2. The van der Waals surface area contributed by atoms with Crippen LogP contribution >= 0.6 is 0 Å². The van der Waals surface area contributed by atoms with Gasteiger partial charge in [0.1, 0.15) is 4.90 Å². The molecule has 1 aliphatic rings. The first-order valence-corrected chi connectivity index (χ1v) is 8.05. The van der Waals surface area contributed by atoms with Crippen molar-refractivity contribution in [1.29, 1.82) is 0 Å². The fourth-order valence-electron chi connectivity index (χ4n) is 2.33. The first-order valence-electron chi connectivity index (χ1n) is 6.61. The lowest BCUT2D eigenvalue weighted by molar-refractivity contribution is 0.196. The van der Waals surface area contributed by atoms with Gasteiger partial charge in [-0.05, 0) is 26.9 Å². The molecule has 1 aromatic rings. The zero-order chi connectivity index (χ0) is 14.8. The first kappa shape index (κ1) is 15.1. The molecule has 0 aliphatic carbocycles. The molecule has 0 bridgehead atoms. The summed E-state index contributed by atoms with van der Waals surface area (Å²) in [7, 11) is 2.27. The highest BCUT2D eigenvalue weighted by Gasteiger charge is 2.30. The molecule has 7 nitrogen and oxygen atoms in total. The summed E-state index contributed by atoms with van der Waals surface area (Å²) in [6, 6.07) is 0.448. The van der Waals surface area contributed by atoms with Gasteiger partial charge in [-0.15, -0.1) is 0 Å². The molecule has 1 aliphatic heterocycles. The predicted molar refractivity (Wildman–Crippen MR) is 77.0 cm³/mol. The van der Waals surface area contributed by atoms with Crippen molar-refractivity contribution in [2.24, 2.45) is 0 Å². The highest BCUT2D eigenvalue weighted by Crippen LogP contribution is 2.21. The van der Waals surface area contributed by atoms with Crippen LogP contribution in [0.4, 0.5) is 5.95 Å². The van der Waals surface area contributed by atoms with Gasteiger partial charge in [0.15, 0.2) is 0 Å². The topological polar surface area (TPSA) is 78.4 Å². The Balaban J connectivity index is 2.11. The third-order valence-corrected chi connectivity index (χ3v) is 5.49. The number of nitrogens with one attached hydrogen (secondary N) is 1. The molecular weight excluding hydrogens is 278 g/mol. The van der Waals surface area contributed by atoms with Gasteiger partial charge in [-0.2, -0.15) is 4.31 Å². The molecule has 0 unspecified atom stereocenters. The largest absolute Gasteiger partial charge is 0.357 e. The average molecular weight is 299 g/mol. The Labute approximate surface area is 120 Å². The van der Waals surface area contributed by atoms with Crippen LogP contribution in [0.15, 0.2) is 17.3 Å². The van der Waals surface area contributed by atoms with E-state index in [2.05, 4.69) is 20.2 Å². The molecule has 0 aromatic carbocycles. The normalized spacial score (nSPS) is 18.4. The van der Waals surface area contributed by atoms with Crippen LogP contribution in [0.25, 0.3) is 0 Å². The van der Waals surface area contributed by atoms with Crippen LogP contribution in [-0.2, 0) is 10.0 Å². The fourth-order valence-corrected chi connectivity index (χ4v) is 3.69. The molecule has 8 heteroatoms. The molecule has 2 rings (SSSR count). The summed E-state index contributed by atoms with van der Waals surface area (Å²) in [6.07, 6.45) is 4.40. The summed E-state index contributed by atoms with van der Waals surface area (Å²) >= 11 is 0. The number of hydrogen-bond acceptors (Lipinski definition) is 6. The zero-order valence-electron chi connectivity index (χ0n) is 12.1. The maximum Gasteiger partial charge on any atom is 0.246 e. The van der Waals surface area contributed by atoms with E-state index in [1.54, 1.807) is 7.05 Å². The number of nitrogens with zero attached hydrogens (tertiary/aromatic N) is 4. The Morgan fingerprint density at radius 1 is 1.25 bits per heavy atom. The lowest BCUT2D eigenvalue weighted by Gasteiger charge is -2.34. The molecule has 0 amide bonds. The molecule has 1 saturated heterocycles. The van der Waals surface area contributed by atoms with Gasteiger partial charge in [0.05, 0.1) is 12.4 Å². The average Bonchev–Trinajstić information content (AvgIpc) is 2.47. The number of sulfonamides is 1. The Morgan fingerprint density at radius 2 is 1.80 bits per heavy atom. The van der Waals surface area contributed by atoms with Crippen molar-refractivity contribution in [3.63, 3.8) is 0 Å². The SMILES string of the molecule is CNc1ncc(S(=O)(=O)N2CCC(N(C)C)CC2)cn1. The smallest absolute Gasteiger partial charge is 0.246 e. The first-order chi connectivity index (χ1) is 9.45. The summed E-state index contributed by atoms with van der Waals surface area (Å²) in [5, 5.41) is 2.77. The van der Waals surface area contributed by atoms with Gasteiger partial charge >= 0.3 is 0 Å². The monoisotopic (exact) mass is 299 g/mol. The van der Waals surface area contributed by atoms with Crippen LogP contribution in [0.3, 0.4) is 0 Å². The molecule has 2 heterocycles. The standard InChI is InChI=1S/C12H21N5O2S/c1-13-12-14-8-11(9-15-12)20(18,19)17-6-4-10(5-7-17)16(2)3/h8-10H,4-7H2,1-3H3,(H,13,14,15). The van der Waals surface area contributed by atoms with Crippen LogP contribution in [0.5, 0.6) is 0 Å². The van der Waals surface area contributed by atoms with Crippen molar-refractivity contribution in [3.8, 4) is 0 Å². The number of aromatic nitrogens is 2. The van der Waals surface area contributed by atoms with Gasteiger partial charge < -0.3 is 10.2 Å². The van der Waals surface area contributed by atoms with Crippen molar-refractivity contribution < 1.29 is 8.42 Å². The Kier molecular flexibility index (Phi) is 4.56. The molecular formula is C12H21N5O2S. The fraction of sp³-hybridized carbons (Fsp3) is 0.667. The second-order valence-electron chi connectivity index (χ2n) is 5.09. The molecule has 112 valence electrons. The summed E-state index contributed by atoms with van der Waals surface area (Å²) in [5.74, 6) is 0.412. The minimum Gasteiger partial charge on any atom is -0.357 e. The molecule has 0 spiro atoms. The summed E-state index contributed by atoms with van der Waals surface area (Å²) in [6.45, 7) is 1.08. The van der Waals surface area contributed by atoms with Crippen molar-refractivity contribution >= 4 is 16.0 Å². The number of anilines is 1. The van der Waals surface area contributed by atoms with E-state index in [-0.39, 0.29) is 4.90 Å². The maximum absolute atomic E-state index is 12.5. The van der Waals surface area contributed by atoms with Gasteiger partial charge in [-0.3, -0.25) is 0 Å². The Hall–Kier alpha value is -1.25. The van der Waals surface area contributed by atoms with Crippen LogP contribution in [0.2, 0.25) is 0 Å². The third kappa shape index (κ3) is 3.08. The molecule has 1 aromatic heterocycles. The van der Waals surface area contributed by atoms with Crippen LogP contribution in [0, 0.1) is 0 Å². The van der Waals surface area contributed by atoms with Crippen LogP contribution < -0.4 is 5.32 Å². The van der Waals surface area contributed by atoms with Gasteiger partial charge in [-0.25, -0.2) is 18.4 Å². The van der Waals surface area contributed by atoms with Crippen molar-refractivity contribution in [3.05, 3.63) is 12.4 Å². The zero-order valence-corrected chi connectivity index (χ0v) is 12.9. The van der Waals surface area contributed by atoms with Crippen LogP contribution in [-0.4, -0.2) is 67.9 Å². The van der Waals surface area contributed by atoms with E-state index < -0.39 is 10.0 Å². The predicted octanol–water partition coefficient (Wildman–Crippen LogP) is 0.233. The lowest BCUT2D eigenvalue weighted by atomic mass is 10.1. The van der Waals surface area contributed by atoms with E-state index in [0.717, 1.165) is 12.8 Å². The van der Waals surface area contributed by atoms with E-state index in [4.69, 9.17) is 0 Å². The van der Waals surface area contributed by atoms with Gasteiger partial charge in [-0.1, -0.05) is 0 Å². The number of rotatable bonds is 4. The molecule has 20 heavy (non-hydrogen) atoms. The third-order valence-electron chi connectivity index (χ3n) is 3.64. The molecule has 1 N–H and O–H groups in total. The summed E-state index contributed by atoms with van der Waals surface area (Å²) < 4.78 is 26.5. The van der Waals surface area contributed by atoms with E-state index in [1.807, 2.05) is 14.1 Å². The van der Waals surface area contributed by atoms with Gasteiger partial charge in [0.25, 0.3) is 0 Å². The maximum atomic E-state index is 12.5. The Morgan fingerprint density at radius 3 is 2.25 bits per heavy atom. The van der Waals surface area contributed by atoms with Crippen LogP contribution in [0.1, 0.15) is 12.8 Å². The highest BCUT2D eigenvalue weighted by molar-refractivity contribution is 7.89. The Bertz CT molecular complexity index is 535. The van der Waals surface area contributed by atoms with Crippen molar-refractivity contribution in [2.45, 2.75) is 23.8 Å². The summed E-state index contributed by atoms with van der Waals surface area (Å²) in [5.41, 5.74) is 0. The number of hydrogen-bond donors (Lipinski definition) is 1. The second kappa shape index (κ2) is 6.02. The van der Waals surface area contributed by atoms with E-state index in [0.29, 0.717) is 25.1 Å². The van der Waals surface area contributed by atoms with Gasteiger partial charge in [0, 0.05) is 26.2 Å². The minimum absolute atomic E-state index is 0.153. The van der Waals surface area contributed by atoms with Crippen molar-refractivity contribution in [2.75, 3.05) is 39.5 Å². The molecule has 0 radical (unpaired) electrons. The molecule has 0 saturated carbocycles. The van der Waals surface area contributed by atoms with E-state index in [1.165, 1.54) is 16.7 Å². The molecule has 0 atom stereocenters. The molecule has 1 fully saturated rings. The van der Waals surface area contributed by atoms with Gasteiger partial charge in [0.2, 0.25) is 16.0 Å².